The molecule has 0 heterocycles. The Morgan fingerprint density at radius 3 is 1.30 bits per heavy atom. The normalized spacial score (nSPS) is 11.9. The molecule has 0 rings (SSSR count). The zero-order valence-electron chi connectivity index (χ0n) is 16.0. The minimum Gasteiger partial charge on any atom is -0.373 e. The summed E-state index contributed by atoms with van der Waals surface area (Å²) in [6, 6.07) is 0. The summed E-state index contributed by atoms with van der Waals surface area (Å²) in [5.41, 5.74) is 0. The van der Waals surface area contributed by atoms with E-state index in [2.05, 4.69) is 38.2 Å². The van der Waals surface area contributed by atoms with Crippen molar-refractivity contribution in [2.75, 3.05) is 13.2 Å². The van der Waals surface area contributed by atoms with Gasteiger partial charge in [-0.2, -0.15) is 0 Å². The number of rotatable bonds is 18. The van der Waals surface area contributed by atoms with E-state index in [0.29, 0.717) is 0 Å². The molecular weight excluding hydrogens is 280 g/mol. The van der Waals surface area contributed by atoms with Crippen LogP contribution in [-0.4, -0.2) is 13.2 Å². The van der Waals surface area contributed by atoms with Crippen molar-refractivity contribution in [3.8, 4) is 0 Å². The quantitative estimate of drug-likeness (QED) is 0.186. The molecule has 0 aromatic carbocycles. The molecule has 0 aromatic heterocycles. The average Bonchev–Trinajstić information content (AvgIpc) is 2.57. The van der Waals surface area contributed by atoms with Gasteiger partial charge in [0.1, 0.15) is 0 Å². The second-order valence-electron chi connectivity index (χ2n) is 6.59. The predicted molar refractivity (Wildman–Crippen MR) is 105 cm³/mol. The SMILES string of the molecule is CCCCCCCCC=CCOCC=CCCCCCCCC. The Labute approximate surface area is 146 Å². The number of hydrogen-bond acceptors (Lipinski definition) is 1. The summed E-state index contributed by atoms with van der Waals surface area (Å²) in [6.45, 7) is 6.06. The molecule has 0 aliphatic heterocycles. The fourth-order valence-corrected chi connectivity index (χ4v) is 2.66. The van der Waals surface area contributed by atoms with Crippen LogP contribution in [0.2, 0.25) is 0 Å². The van der Waals surface area contributed by atoms with E-state index in [-0.39, 0.29) is 0 Å². The minimum absolute atomic E-state index is 0.761. The molecule has 0 amide bonds. The van der Waals surface area contributed by atoms with Gasteiger partial charge in [-0.05, 0) is 25.7 Å². The third-order valence-electron chi connectivity index (χ3n) is 4.21. The molecule has 0 aliphatic rings. The van der Waals surface area contributed by atoms with E-state index in [4.69, 9.17) is 4.74 Å². The second-order valence-corrected chi connectivity index (χ2v) is 6.59. The Balaban J connectivity index is 3.13. The van der Waals surface area contributed by atoms with Crippen molar-refractivity contribution in [2.24, 2.45) is 0 Å². The van der Waals surface area contributed by atoms with Crippen molar-refractivity contribution in [1.82, 2.24) is 0 Å². The van der Waals surface area contributed by atoms with E-state index >= 15 is 0 Å². The lowest BCUT2D eigenvalue weighted by Crippen LogP contribution is -1.90. The topological polar surface area (TPSA) is 9.23 Å². The van der Waals surface area contributed by atoms with Crippen molar-refractivity contribution in [3.63, 3.8) is 0 Å². The van der Waals surface area contributed by atoms with Crippen molar-refractivity contribution in [3.05, 3.63) is 24.3 Å². The van der Waals surface area contributed by atoms with Gasteiger partial charge in [0.25, 0.3) is 0 Å². The molecule has 23 heavy (non-hydrogen) atoms. The lowest BCUT2D eigenvalue weighted by atomic mass is 10.1. The van der Waals surface area contributed by atoms with Gasteiger partial charge in [-0.25, -0.2) is 0 Å². The van der Waals surface area contributed by atoms with Crippen LogP contribution in [-0.2, 0) is 4.74 Å². The van der Waals surface area contributed by atoms with E-state index in [1.54, 1.807) is 0 Å². The third-order valence-corrected chi connectivity index (χ3v) is 4.21. The maximum absolute atomic E-state index is 5.58. The molecule has 0 bridgehead atoms. The van der Waals surface area contributed by atoms with E-state index in [9.17, 15) is 0 Å². The van der Waals surface area contributed by atoms with Crippen LogP contribution < -0.4 is 0 Å². The molecule has 0 saturated heterocycles. The van der Waals surface area contributed by atoms with E-state index in [0.717, 1.165) is 13.2 Å². The van der Waals surface area contributed by atoms with Crippen LogP contribution in [0, 0.1) is 0 Å². The standard InChI is InChI=1S/C22H42O/c1-3-5-7-9-11-13-15-17-19-21-23-22-20-18-16-14-12-10-8-6-4-2/h17-20H,3-16,21-22H2,1-2H3. The molecule has 0 aromatic rings. The molecule has 0 fully saturated rings. The van der Waals surface area contributed by atoms with Gasteiger partial charge < -0.3 is 4.74 Å². The summed E-state index contributed by atoms with van der Waals surface area (Å²) in [5, 5.41) is 0. The van der Waals surface area contributed by atoms with E-state index in [1.165, 1.54) is 89.9 Å². The highest BCUT2D eigenvalue weighted by atomic mass is 16.5. The first kappa shape index (κ1) is 22.4. The summed E-state index contributed by atoms with van der Waals surface area (Å²) in [6.07, 6.45) is 27.9. The molecular formula is C22H42O. The monoisotopic (exact) mass is 322 g/mol. The second kappa shape index (κ2) is 21.4. The molecule has 0 N–H and O–H groups in total. The Kier molecular flexibility index (Phi) is 20.9. The van der Waals surface area contributed by atoms with Crippen LogP contribution in [0.25, 0.3) is 0 Å². The van der Waals surface area contributed by atoms with E-state index < -0.39 is 0 Å². The molecule has 0 saturated carbocycles. The third kappa shape index (κ3) is 21.4. The fourth-order valence-electron chi connectivity index (χ4n) is 2.66. The fraction of sp³-hybridized carbons (Fsp3) is 0.818. The van der Waals surface area contributed by atoms with Gasteiger partial charge in [-0.3, -0.25) is 0 Å². The highest BCUT2D eigenvalue weighted by Gasteiger charge is 1.89. The Morgan fingerprint density at radius 2 is 0.870 bits per heavy atom. The largest absolute Gasteiger partial charge is 0.373 e. The summed E-state index contributed by atoms with van der Waals surface area (Å²) in [5.74, 6) is 0. The molecule has 1 heteroatoms. The lowest BCUT2D eigenvalue weighted by Gasteiger charge is -1.99. The van der Waals surface area contributed by atoms with Crippen LogP contribution in [0.1, 0.15) is 104 Å². The van der Waals surface area contributed by atoms with Gasteiger partial charge >= 0.3 is 0 Å². The van der Waals surface area contributed by atoms with E-state index in [1.807, 2.05) is 0 Å². The van der Waals surface area contributed by atoms with Crippen molar-refractivity contribution >= 4 is 0 Å². The number of unbranched alkanes of at least 4 members (excludes halogenated alkanes) is 12. The Morgan fingerprint density at radius 1 is 0.478 bits per heavy atom. The van der Waals surface area contributed by atoms with Crippen LogP contribution in [0.4, 0.5) is 0 Å². The smallest absolute Gasteiger partial charge is 0.0651 e. The minimum atomic E-state index is 0.761. The van der Waals surface area contributed by atoms with Crippen LogP contribution >= 0.6 is 0 Å². The average molecular weight is 323 g/mol. The van der Waals surface area contributed by atoms with Gasteiger partial charge in [0.2, 0.25) is 0 Å². The molecule has 1 nitrogen and oxygen atoms in total. The molecule has 0 atom stereocenters. The lowest BCUT2D eigenvalue weighted by molar-refractivity contribution is 0.193. The first-order chi connectivity index (χ1) is 11.4. The highest BCUT2D eigenvalue weighted by Crippen LogP contribution is 2.08. The first-order valence-electron chi connectivity index (χ1n) is 10.3. The van der Waals surface area contributed by atoms with Gasteiger partial charge in [0.05, 0.1) is 13.2 Å². The first-order valence-corrected chi connectivity index (χ1v) is 10.3. The van der Waals surface area contributed by atoms with Gasteiger partial charge in [0.15, 0.2) is 0 Å². The van der Waals surface area contributed by atoms with Crippen LogP contribution in [0.3, 0.4) is 0 Å². The number of hydrogen-bond donors (Lipinski definition) is 0. The molecule has 0 spiro atoms. The van der Waals surface area contributed by atoms with Crippen LogP contribution in [0.15, 0.2) is 24.3 Å². The maximum Gasteiger partial charge on any atom is 0.0651 e. The molecule has 0 radical (unpaired) electrons. The predicted octanol–water partition coefficient (Wildman–Crippen LogP) is 7.62. The highest BCUT2D eigenvalue weighted by molar-refractivity contribution is 4.84. The Bertz CT molecular complexity index is 229. The van der Waals surface area contributed by atoms with Gasteiger partial charge in [0, 0.05) is 0 Å². The van der Waals surface area contributed by atoms with Crippen molar-refractivity contribution in [2.45, 2.75) is 104 Å². The van der Waals surface area contributed by atoms with Crippen molar-refractivity contribution in [1.29, 1.82) is 0 Å². The summed E-state index contributed by atoms with van der Waals surface area (Å²) >= 11 is 0. The summed E-state index contributed by atoms with van der Waals surface area (Å²) in [4.78, 5) is 0. The molecule has 0 unspecified atom stereocenters. The molecule has 0 aliphatic carbocycles. The zero-order chi connectivity index (χ0) is 16.8. The summed E-state index contributed by atoms with van der Waals surface area (Å²) in [7, 11) is 0. The zero-order valence-corrected chi connectivity index (χ0v) is 16.0. The van der Waals surface area contributed by atoms with Gasteiger partial charge in [-0.1, -0.05) is 102 Å². The maximum atomic E-state index is 5.58. The Hall–Kier alpha value is -0.560. The van der Waals surface area contributed by atoms with Gasteiger partial charge in [-0.15, -0.1) is 0 Å². The van der Waals surface area contributed by atoms with Crippen molar-refractivity contribution < 1.29 is 4.74 Å². The molecule has 136 valence electrons. The summed E-state index contributed by atoms with van der Waals surface area (Å²) < 4.78 is 5.58. The number of allylic oxidation sites excluding steroid dienone is 2. The number of ether oxygens (including phenoxy) is 1. The van der Waals surface area contributed by atoms with Crippen LogP contribution in [0.5, 0.6) is 0 Å².